The Kier molecular flexibility index (Phi) is 3.81. The number of alkyl halides is 1. The van der Waals surface area contributed by atoms with Gasteiger partial charge in [0, 0.05) is 19.0 Å². The van der Waals surface area contributed by atoms with Crippen LogP contribution < -0.4 is 0 Å². The van der Waals surface area contributed by atoms with Gasteiger partial charge in [-0.1, -0.05) is 6.92 Å². The number of hydrogen-bond acceptors (Lipinski definition) is 1. The van der Waals surface area contributed by atoms with Gasteiger partial charge >= 0.3 is 0 Å². The topological polar surface area (TPSA) is 20.3 Å². The third-order valence-corrected chi connectivity index (χ3v) is 6.31. The van der Waals surface area contributed by atoms with Gasteiger partial charge in [0.2, 0.25) is 5.91 Å². The highest BCUT2D eigenvalue weighted by Crippen LogP contribution is 2.65. The number of nitrogens with zero attached hydrogens (tertiary/aromatic N) is 1. The summed E-state index contributed by atoms with van der Waals surface area (Å²) in [5.41, 5.74) is 0.437. The molecule has 1 amide bonds. The molecule has 0 N–H and O–H groups in total. The van der Waals surface area contributed by atoms with Crippen molar-refractivity contribution in [2.24, 2.45) is 22.7 Å². The summed E-state index contributed by atoms with van der Waals surface area (Å²) in [6.45, 7) is 6.21. The van der Waals surface area contributed by atoms with E-state index in [9.17, 15) is 4.79 Å². The molecular weight excluding hydrogens is 270 g/mol. The first-order valence-corrected chi connectivity index (χ1v) is 8.89. The van der Waals surface area contributed by atoms with Gasteiger partial charge in [-0.3, -0.25) is 4.79 Å². The lowest BCUT2D eigenvalue weighted by Crippen LogP contribution is -2.57. The van der Waals surface area contributed by atoms with E-state index >= 15 is 0 Å². The quantitative estimate of drug-likeness (QED) is 0.701. The number of carbonyl (C=O) groups excluding carboxylic acids is 1. The van der Waals surface area contributed by atoms with Crippen LogP contribution in [0.2, 0.25) is 0 Å². The molecule has 0 aromatic heterocycles. The summed E-state index contributed by atoms with van der Waals surface area (Å²) < 4.78 is 0. The van der Waals surface area contributed by atoms with Crippen LogP contribution in [0.4, 0.5) is 0 Å². The van der Waals surface area contributed by atoms with E-state index in [4.69, 9.17) is 11.6 Å². The van der Waals surface area contributed by atoms with Crippen molar-refractivity contribution < 1.29 is 4.79 Å². The van der Waals surface area contributed by atoms with Crippen molar-refractivity contribution in [1.29, 1.82) is 0 Å². The van der Waals surface area contributed by atoms with Gasteiger partial charge in [-0.2, -0.15) is 0 Å². The second kappa shape index (κ2) is 5.19. The van der Waals surface area contributed by atoms with Crippen molar-refractivity contribution in [2.45, 2.75) is 58.8 Å². The molecule has 0 heterocycles. The molecule has 0 spiro atoms. The van der Waals surface area contributed by atoms with Gasteiger partial charge in [-0.15, -0.1) is 11.6 Å². The molecular formula is C17H28ClNO. The van der Waals surface area contributed by atoms with Gasteiger partial charge in [0.05, 0.1) is 5.41 Å². The van der Waals surface area contributed by atoms with Gasteiger partial charge in [-0.05, 0) is 69.1 Å². The Morgan fingerprint density at radius 3 is 2.40 bits per heavy atom. The fourth-order valence-corrected chi connectivity index (χ4v) is 6.08. The van der Waals surface area contributed by atoms with Crippen molar-refractivity contribution in [2.75, 3.05) is 19.0 Å². The summed E-state index contributed by atoms with van der Waals surface area (Å²) in [5, 5.41) is 0. The highest BCUT2D eigenvalue weighted by molar-refractivity contribution is 6.17. The molecule has 2 unspecified atom stereocenters. The summed E-state index contributed by atoms with van der Waals surface area (Å²) in [7, 11) is 0. The third-order valence-electron chi connectivity index (χ3n) is 6.04. The van der Waals surface area contributed by atoms with E-state index in [0.717, 1.165) is 50.6 Å². The van der Waals surface area contributed by atoms with Gasteiger partial charge < -0.3 is 4.90 Å². The molecule has 4 aliphatic rings. The van der Waals surface area contributed by atoms with E-state index in [1.165, 1.54) is 19.3 Å². The maximum atomic E-state index is 13.2. The standard InChI is InChI=1S/C17H28ClNO/c1-3-19(6-4-5-18)15(20)17-10-13-7-14(11-17)9-16(2,8-13)12-17/h13-14H,3-12H2,1-2H3. The van der Waals surface area contributed by atoms with Crippen molar-refractivity contribution in [3.05, 3.63) is 0 Å². The zero-order valence-corrected chi connectivity index (χ0v) is 13.7. The molecule has 0 aliphatic heterocycles. The predicted molar refractivity (Wildman–Crippen MR) is 82.8 cm³/mol. The van der Waals surface area contributed by atoms with Crippen LogP contribution in [0, 0.1) is 22.7 Å². The van der Waals surface area contributed by atoms with Crippen molar-refractivity contribution in [3.63, 3.8) is 0 Å². The van der Waals surface area contributed by atoms with Crippen molar-refractivity contribution in [3.8, 4) is 0 Å². The number of hydrogen-bond donors (Lipinski definition) is 0. The summed E-state index contributed by atoms with van der Waals surface area (Å²) in [6.07, 6.45) is 8.51. The average Bonchev–Trinajstić information content (AvgIpc) is 2.36. The van der Waals surface area contributed by atoms with Gasteiger partial charge in [0.1, 0.15) is 0 Å². The van der Waals surface area contributed by atoms with Gasteiger partial charge in [-0.25, -0.2) is 0 Å². The Morgan fingerprint density at radius 1 is 1.25 bits per heavy atom. The number of carbonyl (C=O) groups is 1. The van der Waals surface area contributed by atoms with Crippen LogP contribution >= 0.6 is 11.6 Å². The van der Waals surface area contributed by atoms with E-state index in [-0.39, 0.29) is 5.41 Å². The maximum absolute atomic E-state index is 13.2. The Balaban J connectivity index is 1.79. The van der Waals surface area contributed by atoms with E-state index < -0.39 is 0 Å². The first kappa shape index (κ1) is 14.7. The van der Waals surface area contributed by atoms with Crippen LogP contribution in [0.15, 0.2) is 0 Å². The SMILES string of the molecule is CCN(CCCCl)C(=O)C12CC3CC(CC(C)(C3)C1)C2. The molecule has 0 radical (unpaired) electrons. The second-order valence-electron chi connectivity index (χ2n) is 7.98. The van der Waals surface area contributed by atoms with E-state index in [1.807, 2.05) is 0 Å². The normalized spacial score (nSPS) is 42.0. The first-order chi connectivity index (χ1) is 9.50. The largest absolute Gasteiger partial charge is 0.342 e. The first-order valence-electron chi connectivity index (χ1n) is 8.36. The van der Waals surface area contributed by atoms with Crippen LogP contribution in [0.1, 0.15) is 58.8 Å². The molecule has 2 nitrogen and oxygen atoms in total. The smallest absolute Gasteiger partial charge is 0.228 e. The van der Waals surface area contributed by atoms with E-state index in [1.54, 1.807) is 0 Å². The predicted octanol–water partition coefficient (Wildman–Crippen LogP) is 4.07. The van der Waals surface area contributed by atoms with Crippen LogP contribution in [-0.4, -0.2) is 29.8 Å². The molecule has 4 bridgehead atoms. The van der Waals surface area contributed by atoms with E-state index in [0.29, 0.717) is 17.2 Å². The Hall–Kier alpha value is -0.240. The number of rotatable bonds is 5. The molecule has 0 saturated heterocycles. The van der Waals surface area contributed by atoms with E-state index in [2.05, 4.69) is 18.7 Å². The van der Waals surface area contributed by atoms with Crippen LogP contribution in [0.3, 0.4) is 0 Å². The summed E-state index contributed by atoms with van der Waals surface area (Å²) in [5.74, 6) is 2.74. The molecule has 4 fully saturated rings. The molecule has 4 aliphatic carbocycles. The number of amides is 1. The zero-order chi connectivity index (χ0) is 14.4. The Morgan fingerprint density at radius 2 is 1.90 bits per heavy atom. The molecule has 20 heavy (non-hydrogen) atoms. The maximum Gasteiger partial charge on any atom is 0.228 e. The molecule has 3 heteroatoms. The second-order valence-corrected chi connectivity index (χ2v) is 8.36. The monoisotopic (exact) mass is 297 g/mol. The fourth-order valence-electron chi connectivity index (χ4n) is 5.96. The van der Waals surface area contributed by atoms with Gasteiger partial charge in [0.15, 0.2) is 0 Å². The van der Waals surface area contributed by atoms with Gasteiger partial charge in [0.25, 0.3) is 0 Å². The average molecular weight is 298 g/mol. The molecule has 4 rings (SSSR count). The minimum atomic E-state index is -0.0127. The minimum Gasteiger partial charge on any atom is -0.342 e. The summed E-state index contributed by atoms with van der Waals surface area (Å²) >= 11 is 5.81. The minimum absolute atomic E-state index is 0.0127. The number of halogens is 1. The molecule has 114 valence electrons. The van der Waals surface area contributed by atoms with Crippen LogP contribution in [-0.2, 0) is 4.79 Å². The van der Waals surface area contributed by atoms with Crippen molar-refractivity contribution >= 4 is 17.5 Å². The fraction of sp³-hybridized carbons (Fsp3) is 0.941. The Labute approximate surface area is 128 Å². The van der Waals surface area contributed by atoms with Crippen molar-refractivity contribution in [1.82, 2.24) is 4.90 Å². The highest BCUT2D eigenvalue weighted by Gasteiger charge is 2.59. The lowest BCUT2D eigenvalue weighted by Gasteiger charge is -2.61. The zero-order valence-electron chi connectivity index (χ0n) is 13.0. The summed E-state index contributed by atoms with van der Waals surface area (Å²) in [6, 6.07) is 0. The van der Waals surface area contributed by atoms with Crippen LogP contribution in [0.25, 0.3) is 0 Å². The summed E-state index contributed by atoms with van der Waals surface area (Å²) in [4.78, 5) is 15.2. The molecule has 2 atom stereocenters. The molecule has 4 saturated carbocycles. The lowest BCUT2D eigenvalue weighted by atomic mass is 9.44. The highest BCUT2D eigenvalue weighted by atomic mass is 35.5. The third kappa shape index (κ3) is 2.38. The lowest BCUT2D eigenvalue weighted by molar-refractivity contribution is -0.165. The van der Waals surface area contributed by atoms with Crippen LogP contribution in [0.5, 0.6) is 0 Å². The molecule has 0 aromatic carbocycles. The molecule has 0 aromatic rings. The Bertz CT molecular complexity index is 380.